The van der Waals surface area contributed by atoms with E-state index in [-0.39, 0.29) is 17.5 Å². The number of rotatable bonds is 6. The van der Waals surface area contributed by atoms with Gasteiger partial charge in [-0.05, 0) is 48.0 Å². The normalized spacial score (nSPS) is 10.2. The maximum Gasteiger partial charge on any atom is 0.272 e. The predicted octanol–water partition coefficient (Wildman–Crippen LogP) is 3.76. The number of hydrogen-bond donors (Lipinski definition) is 3. The number of halogens is 1. The minimum Gasteiger partial charge on any atom is -0.347 e. The van der Waals surface area contributed by atoms with Gasteiger partial charge in [-0.3, -0.25) is 9.59 Å². The summed E-state index contributed by atoms with van der Waals surface area (Å²) in [5, 5.41) is 17.2. The van der Waals surface area contributed by atoms with Crippen LogP contribution < -0.4 is 16.0 Å². The molecule has 1 aromatic heterocycles. The van der Waals surface area contributed by atoms with Crippen LogP contribution in [-0.4, -0.2) is 22.0 Å². The highest BCUT2D eigenvalue weighted by molar-refractivity contribution is 6.30. The first kappa shape index (κ1) is 19.3. The summed E-state index contributed by atoms with van der Waals surface area (Å²) in [6, 6.07) is 17.7. The average molecular weight is 396 g/mol. The molecule has 0 aliphatic heterocycles. The molecule has 8 heteroatoms. The monoisotopic (exact) mass is 395 g/mol. The predicted molar refractivity (Wildman–Crippen MR) is 109 cm³/mol. The third kappa shape index (κ3) is 5.52. The summed E-state index contributed by atoms with van der Waals surface area (Å²) in [4.78, 5) is 23.3. The Morgan fingerprint density at radius 2 is 1.71 bits per heavy atom. The van der Waals surface area contributed by atoms with Gasteiger partial charge < -0.3 is 16.0 Å². The highest BCUT2D eigenvalue weighted by Gasteiger charge is 2.08. The van der Waals surface area contributed by atoms with E-state index in [9.17, 15) is 9.59 Å². The molecule has 0 bridgehead atoms. The Morgan fingerprint density at radius 3 is 2.39 bits per heavy atom. The molecule has 7 nitrogen and oxygen atoms in total. The summed E-state index contributed by atoms with van der Waals surface area (Å²) in [5.41, 5.74) is 2.55. The topological polar surface area (TPSA) is 96.0 Å². The minimum absolute atomic E-state index is 0.147. The number of carbonyl (C=O) groups excluding carboxylic acids is 2. The van der Waals surface area contributed by atoms with Crippen LogP contribution >= 0.6 is 11.6 Å². The lowest BCUT2D eigenvalue weighted by molar-refractivity contribution is -0.114. The van der Waals surface area contributed by atoms with Crippen molar-refractivity contribution in [2.24, 2.45) is 0 Å². The molecule has 0 atom stereocenters. The Balaban J connectivity index is 1.59. The molecule has 3 N–H and O–H groups in total. The number of amides is 2. The van der Waals surface area contributed by atoms with Crippen LogP contribution in [-0.2, 0) is 11.3 Å². The van der Waals surface area contributed by atoms with Gasteiger partial charge in [0.1, 0.15) is 0 Å². The lowest BCUT2D eigenvalue weighted by atomic mass is 10.2. The van der Waals surface area contributed by atoms with Crippen molar-refractivity contribution in [2.45, 2.75) is 13.5 Å². The zero-order chi connectivity index (χ0) is 19.9. The molecule has 3 rings (SSSR count). The molecule has 2 amide bonds. The second kappa shape index (κ2) is 8.96. The van der Waals surface area contributed by atoms with Gasteiger partial charge in [0.15, 0.2) is 11.5 Å². The van der Waals surface area contributed by atoms with Gasteiger partial charge >= 0.3 is 0 Å². The summed E-state index contributed by atoms with van der Waals surface area (Å²) >= 11 is 5.84. The van der Waals surface area contributed by atoms with Crippen LogP contribution in [0, 0.1) is 0 Å². The largest absolute Gasteiger partial charge is 0.347 e. The number of carbonyl (C=O) groups is 2. The Bertz CT molecular complexity index is 975. The van der Waals surface area contributed by atoms with Gasteiger partial charge in [-0.2, -0.15) is 0 Å². The van der Waals surface area contributed by atoms with E-state index in [4.69, 9.17) is 11.6 Å². The number of anilines is 3. The molecule has 1 heterocycles. The first-order valence-corrected chi connectivity index (χ1v) is 8.88. The number of aromatic nitrogens is 2. The van der Waals surface area contributed by atoms with Crippen molar-refractivity contribution in [1.82, 2.24) is 15.5 Å². The van der Waals surface area contributed by atoms with E-state index in [1.54, 1.807) is 42.5 Å². The van der Waals surface area contributed by atoms with E-state index in [2.05, 4.69) is 26.1 Å². The molecule has 0 saturated heterocycles. The quantitative estimate of drug-likeness (QED) is 0.590. The molecule has 0 radical (unpaired) electrons. The summed E-state index contributed by atoms with van der Waals surface area (Å²) in [6.45, 7) is 1.82. The summed E-state index contributed by atoms with van der Waals surface area (Å²) < 4.78 is 0. The molecule has 28 heavy (non-hydrogen) atoms. The highest BCUT2D eigenvalue weighted by Crippen LogP contribution is 2.18. The molecule has 0 unspecified atom stereocenters. The van der Waals surface area contributed by atoms with Crippen LogP contribution in [0.4, 0.5) is 17.2 Å². The number of nitrogens with zero attached hydrogens (tertiary/aromatic N) is 2. The molecule has 0 aliphatic carbocycles. The van der Waals surface area contributed by atoms with Crippen molar-refractivity contribution >= 4 is 40.6 Å². The van der Waals surface area contributed by atoms with E-state index < -0.39 is 0 Å². The van der Waals surface area contributed by atoms with E-state index in [1.807, 2.05) is 18.2 Å². The lowest BCUT2D eigenvalue weighted by Crippen LogP contribution is -2.24. The van der Waals surface area contributed by atoms with Crippen molar-refractivity contribution in [3.8, 4) is 0 Å². The lowest BCUT2D eigenvalue weighted by Gasteiger charge is -2.08. The fourth-order valence-corrected chi connectivity index (χ4v) is 2.55. The van der Waals surface area contributed by atoms with Crippen LogP contribution in [0.15, 0.2) is 60.7 Å². The molecule has 0 aliphatic rings. The third-order valence-corrected chi connectivity index (χ3v) is 3.97. The zero-order valence-corrected chi connectivity index (χ0v) is 15.8. The van der Waals surface area contributed by atoms with E-state index >= 15 is 0 Å². The number of nitrogens with one attached hydrogen (secondary N) is 3. The molecular weight excluding hydrogens is 378 g/mol. The number of benzene rings is 2. The van der Waals surface area contributed by atoms with Gasteiger partial charge in [0.25, 0.3) is 5.91 Å². The summed E-state index contributed by atoms with van der Waals surface area (Å²) in [5.74, 6) is 0.0155. The standard InChI is InChI=1S/C20H18ClN5O2/c1-13(27)23-16-3-2-4-17(11-16)24-19-10-9-18(25-26-19)20(28)22-12-14-5-7-15(21)8-6-14/h2-11H,12H2,1H3,(H,22,28)(H,23,27)(H,24,26). The summed E-state index contributed by atoms with van der Waals surface area (Å²) in [7, 11) is 0. The average Bonchev–Trinajstić information content (AvgIpc) is 2.68. The first-order valence-electron chi connectivity index (χ1n) is 8.50. The minimum atomic E-state index is -0.318. The molecule has 0 spiro atoms. The first-order chi connectivity index (χ1) is 13.5. The Labute approximate surface area is 167 Å². The van der Waals surface area contributed by atoms with Crippen molar-refractivity contribution < 1.29 is 9.59 Å². The third-order valence-electron chi connectivity index (χ3n) is 3.72. The molecule has 142 valence electrons. The molecule has 2 aromatic carbocycles. The van der Waals surface area contributed by atoms with Gasteiger partial charge in [0.05, 0.1) is 0 Å². The molecular formula is C20H18ClN5O2. The zero-order valence-electron chi connectivity index (χ0n) is 15.1. The Hall–Kier alpha value is -3.45. The summed E-state index contributed by atoms with van der Waals surface area (Å²) in [6.07, 6.45) is 0. The smallest absolute Gasteiger partial charge is 0.272 e. The molecule has 3 aromatic rings. The second-order valence-corrected chi connectivity index (χ2v) is 6.44. The van der Waals surface area contributed by atoms with E-state index in [1.165, 1.54) is 6.92 Å². The van der Waals surface area contributed by atoms with Crippen molar-refractivity contribution in [3.63, 3.8) is 0 Å². The van der Waals surface area contributed by atoms with Gasteiger partial charge in [-0.15, -0.1) is 10.2 Å². The molecule has 0 fully saturated rings. The fourth-order valence-electron chi connectivity index (χ4n) is 2.42. The van der Waals surface area contributed by atoms with Crippen molar-refractivity contribution in [1.29, 1.82) is 0 Å². The Morgan fingerprint density at radius 1 is 0.964 bits per heavy atom. The molecule has 0 saturated carbocycles. The maximum absolute atomic E-state index is 12.2. The van der Waals surface area contributed by atoms with Crippen LogP contribution in [0.1, 0.15) is 23.0 Å². The Kier molecular flexibility index (Phi) is 6.18. The van der Waals surface area contributed by atoms with Gasteiger partial charge in [0.2, 0.25) is 5.91 Å². The van der Waals surface area contributed by atoms with E-state index in [0.717, 1.165) is 11.3 Å². The van der Waals surface area contributed by atoms with Crippen molar-refractivity contribution in [3.05, 3.63) is 76.9 Å². The number of hydrogen-bond acceptors (Lipinski definition) is 5. The van der Waals surface area contributed by atoms with E-state index in [0.29, 0.717) is 23.1 Å². The van der Waals surface area contributed by atoms with Crippen LogP contribution in [0.3, 0.4) is 0 Å². The van der Waals surface area contributed by atoms with Crippen LogP contribution in [0.2, 0.25) is 5.02 Å². The highest BCUT2D eigenvalue weighted by atomic mass is 35.5. The van der Waals surface area contributed by atoms with Gasteiger partial charge in [-0.25, -0.2) is 0 Å². The SMILES string of the molecule is CC(=O)Nc1cccc(Nc2ccc(C(=O)NCc3ccc(Cl)cc3)nn2)c1. The van der Waals surface area contributed by atoms with Gasteiger partial charge in [-0.1, -0.05) is 29.8 Å². The fraction of sp³-hybridized carbons (Fsp3) is 0.100. The van der Waals surface area contributed by atoms with Gasteiger partial charge in [0, 0.05) is 29.9 Å². The maximum atomic E-state index is 12.2. The van der Waals surface area contributed by atoms with Crippen LogP contribution in [0.5, 0.6) is 0 Å². The van der Waals surface area contributed by atoms with Crippen molar-refractivity contribution in [2.75, 3.05) is 10.6 Å². The van der Waals surface area contributed by atoms with Crippen LogP contribution in [0.25, 0.3) is 0 Å². The second-order valence-electron chi connectivity index (χ2n) is 6.00.